The third-order valence-electron chi connectivity index (χ3n) is 3.92. The van der Waals surface area contributed by atoms with E-state index in [0.717, 1.165) is 16.7 Å². The fourth-order valence-corrected chi connectivity index (χ4v) is 2.42. The van der Waals surface area contributed by atoms with Gasteiger partial charge in [0.25, 0.3) is 0 Å². The molecule has 0 spiro atoms. The molecule has 0 heterocycles. The summed E-state index contributed by atoms with van der Waals surface area (Å²) in [5.41, 5.74) is 2.89. The highest BCUT2D eigenvalue weighted by Gasteiger charge is 2.06. The molecule has 0 aromatic heterocycles. The number of nitrogens with one attached hydrogen (secondary N) is 3. The lowest BCUT2D eigenvalue weighted by Crippen LogP contribution is -2.34. The molecule has 0 aliphatic carbocycles. The Morgan fingerprint density at radius 3 is 1.74 bits per heavy atom. The van der Waals surface area contributed by atoms with Crippen LogP contribution in [0.2, 0.25) is 0 Å². The van der Waals surface area contributed by atoms with Crippen LogP contribution in [0, 0.1) is 0 Å². The van der Waals surface area contributed by atoms with Gasteiger partial charge in [0.05, 0.1) is 14.2 Å². The number of carbonyl (C=O) groups is 2. The minimum atomic E-state index is -0.257. The Hall–Kier alpha value is -3.22. The summed E-state index contributed by atoms with van der Waals surface area (Å²) in [5.74, 6) is 1.20. The van der Waals surface area contributed by atoms with E-state index in [0.29, 0.717) is 31.1 Å². The Bertz CT molecular complexity index is 775. The molecule has 0 saturated heterocycles. The molecular weight excluding hydrogens is 346 g/mol. The van der Waals surface area contributed by atoms with Gasteiger partial charge >= 0.3 is 6.03 Å². The third kappa shape index (κ3) is 6.54. The molecule has 0 unspecified atom stereocenters. The molecule has 0 aliphatic heterocycles. The van der Waals surface area contributed by atoms with Gasteiger partial charge in [0.15, 0.2) is 11.5 Å². The Balaban J connectivity index is 1.78. The first-order valence-electron chi connectivity index (χ1n) is 8.56. The number of methoxy groups -OCH3 is 2. The minimum Gasteiger partial charge on any atom is -0.493 e. The Kier molecular flexibility index (Phi) is 7.49. The molecule has 0 radical (unpaired) electrons. The molecule has 2 rings (SSSR count). The van der Waals surface area contributed by atoms with E-state index < -0.39 is 0 Å². The Morgan fingerprint density at radius 2 is 1.22 bits per heavy atom. The average molecular weight is 371 g/mol. The molecule has 3 amide bonds. The van der Waals surface area contributed by atoms with Crippen molar-refractivity contribution in [3.63, 3.8) is 0 Å². The highest BCUT2D eigenvalue weighted by molar-refractivity contribution is 5.74. The van der Waals surface area contributed by atoms with Crippen molar-refractivity contribution in [2.24, 2.45) is 0 Å². The van der Waals surface area contributed by atoms with Crippen LogP contribution in [0.15, 0.2) is 42.5 Å². The summed E-state index contributed by atoms with van der Waals surface area (Å²) in [5, 5.41) is 8.37. The maximum Gasteiger partial charge on any atom is 0.315 e. The summed E-state index contributed by atoms with van der Waals surface area (Å²) in [6, 6.07) is 12.9. The molecule has 0 bridgehead atoms. The van der Waals surface area contributed by atoms with E-state index in [9.17, 15) is 9.59 Å². The molecule has 0 aliphatic rings. The van der Waals surface area contributed by atoms with Crippen molar-refractivity contribution in [2.75, 3.05) is 14.2 Å². The van der Waals surface area contributed by atoms with Crippen LogP contribution in [-0.2, 0) is 24.4 Å². The molecule has 0 saturated carbocycles. The van der Waals surface area contributed by atoms with E-state index >= 15 is 0 Å². The zero-order chi connectivity index (χ0) is 19.6. The topological polar surface area (TPSA) is 88.7 Å². The normalized spacial score (nSPS) is 10.0. The molecule has 7 nitrogen and oxygen atoms in total. The van der Waals surface area contributed by atoms with Crippen LogP contribution in [0.25, 0.3) is 0 Å². The molecule has 144 valence electrons. The molecule has 27 heavy (non-hydrogen) atoms. The summed E-state index contributed by atoms with van der Waals surface area (Å²) >= 11 is 0. The fraction of sp³-hybridized carbons (Fsp3) is 0.300. The number of benzene rings is 2. The second kappa shape index (κ2) is 10.1. The molecule has 0 atom stereocenters. The average Bonchev–Trinajstić information content (AvgIpc) is 2.69. The van der Waals surface area contributed by atoms with Gasteiger partial charge in [-0.05, 0) is 28.8 Å². The van der Waals surface area contributed by atoms with Crippen LogP contribution in [0.3, 0.4) is 0 Å². The molecule has 2 aromatic carbocycles. The number of ether oxygens (including phenoxy) is 2. The zero-order valence-corrected chi connectivity index (χ0v) is 15.8. The molecule has 3 N–H and O–H groups in total. The van der Waals surface area contributed by atoms with E-state index in [1.54, 1.807) is 20.3 Å². The maximum atomic E-state index is 12.0. The van der Waals surface area contributed by atoms with E-state index in [1.165, 1.54) is 6.92 Å². The van der Waals surface area contributed by atoms with Gasteiger partial charge in [-0.3, -0.25) is 4.79 Å². The standard InChI is InChI=1S/C20H25N3O4/c1-14(24)21-11-15-4-6-16(7-5-15)12-22-20(25)23-13-17-8-9-18(26-2)19(10-17)27-3/h4-10H,11-13H2,1-3H3,(H,21,24)(H2,22,23,25). The summed E-state index contributed by atoms with van der Waals surface area (Å²) in [4.78, 5) is 22.9. The first kappa shape index (κ1) is 20.1. The summed E-state index contributed by atoms with van der Waals surface area (Å²) in [6.07, 6.45) is 0. The van der Waals surface area contributed by atoms with Gasteiger partial charge < -0.3 is 25.4 Å². The van der Waals surface area contributed by atoms with Crippen LogP contribution >= 0.6 is 0 Å². The monoisotopic (exact) mass is 371 g/mol. The number of carbonyl (C=O) groups excluding carboxylic acids is 2. The quantitative estimate of drug-likeness (QED) is 0.665. The molecule has 7 heteroatoms. The maximum absolute atomic E-state index is 12.0. The van der Waals surface area contributed by atoms with Gasteiger partial charge in [-0.2, -0.15) is 0 Å². The molecule has 2 aromatic rings. The van der Waals surface area contributed by atoms with Crippen LogP contribution in [0.5, 0.6) is 11.5 Å². The summed E-state index contributed by atoms with van der Waals surface area (Å²) in [6.45, 7) is 2.77. The van der Waals surface area contributed by atoms with Gasteiger partial charge in [0.2, 0.25) is 5.91 Å². The number of hydrogen-bond acceptors (Lipinski definition) is 4. The smallest absolute Gasteiger partial charge is 0.315 e. The lowest BCUT2D eigenvalue weighted by Gasteiger charge is -2.11. The SMILES string of the molecule is COc1ccc(CNC(=O)NCc2ccc(CNC(C)=O)cc2)cc1OC. The van der Waals surface area contributed by atoms with Crippen molar-refractivity contribution in [2.45, 2.75) is 26.6 Å². The highest BCUT2D eigenvalue weighted by Crippen LogP contribution is 2.27. The number of urea groups is 1. The lowest BCUT2D eigenvalue weighted by atomic mass is 10.1. The highest BCUT2D eigenvalue weighted by atomic mass is 16.5. The van der Waals surface area contributed by atoms with E-state index in [-0.39, 0.29) is 11.9 Å². The van der Waals surface area contributed by atoms with Gasteiger partial charge in [-0.1, -0.05) is 30.3 Å². The summed E-state index contributed by atoms with van der Waals surface area (Å²) < 4.78 is 10.4. The largest absolute Gasteiger partial charge is 0.493 e. The predicted octanol–water partition coefficient (Wildman–Crippen LogP) is 2.34. The van der Waals surface area contributed by atoms with E-state index in [2.05, 4.69) is 16.0 Å². The van der Waals surface area contributed by atoms with Crippen molar-refractivity contribution in [3.05, 3.63) is 59.2 Å². The third-order valence-corrected chi connectivity index (χ3v) is 3.92. The number of amides is 3. The predicted molar refractivity (Wildman–Crippen MR) is 103 cm³/mol. The first-order valence-corrected chi connectivity index (χ1v) is 8.56. The molecular formula is C20H25N3O4. The van der Waals surface area contributed by atoms with Crippen molar-refractivity contribution in [3.8, 4) is 11.5 Å². The fourth-order valence-electron chi connectivity index (χ4n) is 2.42. The van der Waals surface area contributed by atoms with Crippen molar-refractivity contribution in [1.82, 2.24) is 16.0 Å². The minimum absolute atomic E-state index is 0.0631. The van der Waals surface area contributed by atoms with Crippen LogP contribution in [-0.4, -0.2) is 26.2 Å². The zero-order valence-electron chi connectivity index (χ0n) is 15.8. The van der Waals surface area contributed by atoms with E-state index in [4.69, 9.17) is 9.47 Å². The molecule has 0 fully saturated rings. The Morgan fingerprint density at radius 1 is 0.741 bits per heavy atom. The van der Waals surface area contributed by atoms with Gasteiger partial charge in [0.1, 0.15) is 0 Å². The van der Waals surface area contributed by atoms with Crippen molar-refractivity contribution >= 4 is 11.9 Å². The summed E-state index contributed by atoms with van der Waals surface area (Å²) in [7, 11) is 3.15. The van der Waals surface area contributed by atoms with Gasteiger partial charge in [0, 0.05) is 26.6 Å². The first-order chi connectivity index (χ1) is 13.0. The Labute approximate surface area is 159 Å². The van der Waals surface area contributed by atoms with Gasteiger partial charge in [-0.25, -0.2) is 4.79 Å². The second-order valence-electron chi connectivity index (χ2n) is 5.95. The van der Waals surface area contributed by atoms with Crippen LogP contribution in [0.4, 0.5) is 4.79 Å². The van der Waals surface area contributed by atoms with Crippen LogP contribution in [0.1, 0.15) is 23.6 Å². The number of rotatable bonds is 8. The van der Waals surface area contributed by atoms with Crippen molar-refractivity contribution in [1.29, 1.82) is 0 Å². The van der Waals surface area contributed by atoms with Crippen LogP contribution < -0.4 is 25.4 Å². The van der Waals surface area contributed by atoms with E-state index in [1.807, 2.05) is 36.4 Å². The van der Waals surface area contributed by atoms with Crippen molar-refractivity contribution < 1.29 is 19.1 Å². The number of hydrogen-bond donors (Lipinski definition) is 3. The lowest BCUT2D eigenvalue weighted by molar-refractivity contribution is -0.119. The second-order valence-corrected chi connectivity index (χ2v) is 5.95. The van der Waals surface area contributed by atoms with Gasteiger partial charge in [-0.15, -0.1) is 0 Å².